The van der Waals surface area contributed by atoms with Crippen LogP contribution in [0, 0.1) is 17.8 Å². The van der Waals surface area contributed by atoms with Crippen molar-refractivity contribution in [2.75, 3.05) is 39.6 Å². The molecule has 0 aliphatic heterocycles. The topological polar surface area (TPSA) is 237 Å². The lowest BCUT2D eigenvalue weighted by atomic mass is 10.0. The third-order valence-electron chi connectivity index (χ3n) is 15.9. The molecule has 0 fully saturated rings. The number of aliphatic hydroxyl groups is 1. The molecule has 0 saturated carbocycles. The number of ether oxygens (including phenoxy) is 4. The Morgan fingerprint density at radius 3 is 0.773 bits per heavy atom. The van der Waals surface area contributed by atoms with Gasteiger partial charge in [-0.2, -0.15) is 0 Å². The van der Waals surface area contributed by atoms with E-state index >= 15 is 0 Å². The fourth-order valence-electron chi connectivity index (χ4n) is 10.4. The van der Waals surface area contributed by atoms with Crippen LogP contribution in [0.15, 0.2) is 0 Å². The van der Waals surface area contributed by atoms with E-state index in [4.69, 9.17) is 37.0 Å². The molecular weight excluding hydrogens is 1160 g/mol. The van der Waals surface area contributed by atoms with Gasteiger partial charge in [-0.25, -0.2) is 9.13 Å². The largest absolute Gasteiger partial charge is 0.472 e. The molecule has 0 spiro atoms. The predicted molar refractivity (Wildman–Crippen MR) is 354 cm³/mol. The van der Waals surface area contributed by atoms with Crippen LogP contribution in [0.25, 0.3) is 0 Å². The number of rotatable bonds is 67. The summed E-state index contributed by atoms with van der Waals surface area (Å²) in [5.41, 5.74) is 0. The summed E-state index contributed by atoms with van der Waals surface area (Å²) in [6, 6.07) is 0. The summed E-state index contributed by atoms with van der Waals surface area (Å²) in [5.74, 6) is 0.167. The summed E-state index contributed by atoms with van der Waals surface area (Å²) in [4.78, 5) is 72.2. The van der Waals surface area contributed by atoms with Crippen LogP contribution in [0.4, 0.5) is 0 Å². The molecule has 0 amide bonds. The number of esters is 4. The van der Waals surface area contributed by atoms with Crippen molar-refractivity contribution in [3.63, 3.8) is 0 Å². The SMILES string of the molecule is CCCCCCCC(=O)OC[C@H](COP(=O)(O)OC[C@H](O)COP(=O)(O)OC[C@@H](COC(=O)CCCCCCCCCCCCCCC(C)C)OC(=O)CCCCCCCCCCCCCCCC(C)C)OC(=O)CCCCCCCCCCCC(C)C. The highest BCUT2D eigenvalue weighted by Crippen LogP contribution is 2.45. The molecule has 19 heteroatoms. The van der Waals surface area contributed by atoms with E-state index in [0.717, 1.165) is 114 Å². The molecule has 0 aliphatic carbocycles. The molecular formula is C69H134O17P2. The normalized spacial score (nSPS) is 14.2. The number of phosphoric acid groups is 2. The fourth-order valence-corrected chi connectivity index (χ4v) is 11.9. The first-order valence-electron chi connectivity index (χ1n) is 35.8. The van der Waals surface area contributed by atoms with Crippen LogP contribution >= 0.6 is 15.6 Å². The monoisotopic (exact) mass is 1300 g/mol. The third-order valence-corrected chi connectivity index (χ3v) is 17.8. The highest BCUT2D eigenvalue weighted by atomic mass is 31.2. The number of unbranched alkanes of at least 4 members (excludes halogenated alkanes) is 35. The highest BCUT2D eigenvalue weighted by Gasteiger charge is 2.30. The highest BCUT2D eigenvalue weighted by molar-refractivity contribution is 7.47. The van der Waals surface area contributed by atoms with E-state index < -0.39 is 97.5 Å². The van der Waals surface area contributed by atoms with Gasteiger partial charge >= 0.3 is 39.5 Å². The lowest BCUT2D eigenvalue weighted by Crippen LogP contribution is -2.30. The van der Waals surface area contributed by atoms with E-state index in [0.29, 0.717) is 25.7 Å². The van der Waals surface area contributed by atoms with Crippen LogP contribution in [0.5, 0.6) is 0 Å². The van der Waals surface area contributed by atoms with E-state index in [9.17, 15) is 43.2 Å². The maximum Gasteiger partial charge on any atom is 0.472 e. The number of aliphatic hydroxyl groups excluding tert-OH is 1. The Morgan fingerprint density at radius 2 is 0.523 bits per heavy atom. The van der Waals surface area contributed by atoms with Crippen LogP contribution in [0.1, 0.15) is 344 Å². The lowest BCUT2D eigenvalue weighted by Gasteiger charge is -2.21. The van der Waals surface area contributed by atoms with Gasteiger partial charge in [-0.3, -0.25) is 37.3 Å². The zero-order valence-electron chi connectivity index (χ0n) is 57.2. The maximum atomic E-state index is 13.0. The van der Waals surface area contributed by atoms with Gasteiger partial charge in [0.25, 0.3) is 0 Å². The third kappa shape index (κ3) is 62.8. The minimum Gasteiger partial charge on any atom is -0.462 e. The van der Waals surface area contributed by atoms with Crippen LogP contribution in [-0.4, -0.2) is 96.7 Å². The summed E-state index contributed by atoms with van der Waals surface area (Å²) in [5, 5.41) is 10.6. The van der Waals surface area contributed by atoms with Gasteiger partial charge in [0.15, 0.2) is 12.2 Å². The number of phosphoric ester groups is 2. The molecule has 0 aromatic carbocycles. The molecule has 5 atom stereocenters. The molecule has 0 aromatic heterocycles. The minimum absolute atomic E-state index is 0.104. The van der Waals surface area contributed by atoms with E-state index in [-0.39, 0.29) is 25.7 Å². The van der Waals surface area contributed by atoms with Crippen molar-refractivity contribution < 1.29 is 80.2 Å². The Hall–Kier alpha value is -1.94. The first kappa shape index (κ1) is 86.1. The Morgan fingerprint density at radius 1 is 0.307 bits per heavy atom. The standard InChI is InChI=1S/C69H134O17P2/c1-8-9-10-33-43-50-66(71)79-56-64(85-69(74)53-46-39-32-26-20-23-29-36-42-49-62(6)7)58-83-87(75,76)81-54-63(70)55-82-88(77,78)84-59-65(57-80-67(72)51-44-37-30-24-18-15-14-17-22-28-35-41-48-61(4)5)86-68(73)52-45-38-31-25-19-13-11-12-16-21-27-34-40-47-60(2)3/h60-65,70H,8-59H2,1-7H3,(H,75,76)(H,77,78)/t63-,64+,65+/m0/s1. The average Bonchev–Trinajstić information content (AvgIpc) is 3.51. The predicted octanol–water partition coefficient (Wildman–Crippen LogP) is 19.5. The molecule has 2 unspecified atom stereocenters. The molecule has 0 heterocycles. The summed E-state index contributed by atoms with van der Waals surface area (Å²) in [7, 11) is -9.89. The van der Waals surface area contributed by atoms with Crippen molar-refractivity contribution in [2.45, 2.75) is 362 Å². The smallest absolute Gasteiger partial charge is 0.462 e. The van der Waals surface area contributed by atoms with Crippen molar-refractivity contribution in [2.24, 2.45) is 17.8 Å². The fraction of sp³-hybridized carbons (Fsp3) is 0.942. The zero-order chi connectivity index (χ0) is 65.2. The van der Waals surface area contributed by atoms with Gasteiger partial charge in [0.05, 0.1) is 26.4 Å². The number of carbonyl (C=O) groups is 4. The maximum absolute atomic E-state index is 13.0. The molecule has 0 saturated heterocycles. The van der Waals surface area contributed by atoms with Crippen LogP contribution in [-0.2, 0) is 65.4 Å². The summed E-state index contributed by atoms with van der Waals surface area (Å²) in [6.07, 6.45) is 43.4. The van der Waals surface area contributed by atoms with Gasteiger partial charge in [0.2, 0.25) is 0 Å². The van der Waals surface area contributed by atoms with Crippen molar-refractivity contribution in [1.29, 1.82) is 0 Å². The molecule has 0 aromatic rings. The van der Waals surface area contributed by atoms with Crippen LogP contribution in [0.2, 0.25) is 0 Å². The number of carbonyl (C=O) groups excluding carboxylic acids is 4. The summed E-state index contributed by atoms with van der Waals surface area (Å²) >= 11 is 0. The van der Waals surface area contributed by atoms with Gasteiger partial charge in [-0.1, -0.05) is 292 Å². The molecule has 0 rings (SSSR count). The van der Waals surface area contributed by atoms with Crippen LogP contribution < -0.4 is 0 Å². The molecule has 522 valence electrons. The minimum atomic E-state index is -4.95. The second-order valence-corrected chi connectivity index (χ2v) is 29.3. The Bertz CT molecular complexity index is 1730. The van der Waals surface area contributed by atoms with E-state index in [2.05, 4.69) is 48.5 Å². The second-order valence-electron chi connectivity index (χ2n) is 26.3. The molecule has 0 radical (unpaired) electrons. The number of hydrogen-bond acceptors (Lipinski definition) is 15. The van der Waals surface area contributed by atoms with Crippen molar-refractivity contribution in [3.05, 3.63) is 0 Å². The van der Waals surface area contributed by atoms with Gasteiger partial charge in [-0.05, 0) is 43.4 Å². The van der Waals surface area contributed by atoms with E-state index in [1.54, 1.807) is 0 Å². The Kier molecular flexibility index (Phi) is 58.7. The molecule has 3 N–H and O–H groups in total. The lowest BCUT2D eigenvalue weighted by molar-refractivity contribution is -0.161. The quantitative estimate of drug-likeness (QED) is 0.0222. The average molecular weight is 1300 g/mol. The number of hydrogen-bond donors (Lipinski definition) is 3. The van der Waals surface area contributed by atoms with E-state index in [1.807, 2.05) is 0 Å². The first-order chi connectivity index (χ1) is 42.2. The van der Waals surface area contributed by atoms with Crippen molar-refractivity contribution >= 4 is 39.5 Å². The Balaban J connectivity index is 5.17. The van der Waals surface area contributed by atoms with Crippen molar-refractivity contribution in [1.82, 2.24) is 0 Å². The molecule has 0 aliphatic rings. The van der Waals surface area contributed by atoms with Gasteiger partial charge in [0, 0.05) is 25.7 Å². The summed E-state index contributed by atoms with van der Waals surface area (Å²) in [6.45, 7) is 11.8. The zero-order valence-corrected chi connectivity index (χ0v) is 59.0. The van der Waals surface area contributed by atoms with E-state index in [1.165, 1.54) is 148 Å². The second kappa shape index (κ2) is 60.0. The molecule has 0 bridgehead atoms. The van der Waals surface area contributed by atoms with Gasteiger partial charge in [0.1, 0.15) is 19.3 Å². The molecule has 17 nitrogen and oxygen atoms in total. The first-order valence-corrected chi connectivity index (χ1v) is 38.8. The van der Waals surface area contributed by atoms with Gasteiger partial charge in [-0.15, -0.1) is 0 Å². The molecule has 88 heavy (non-hydrogen) atoms. The van der Waals surface area contributed by atoms with Crippen LogP contribution in [0.3, 0.4) is 0 Å². The van der Waals surface area contributed by atoms with Gasteiger partial charge < -0.3 is 33.8 Å². The Labute approximate surface area is 537 Å². The van der Waals surface area contributed by atoms with Crippen molar-refractivity contribution in [3.8, 4) is 0 Å². The summed E-state index contributed by atoms with van der Waals surface area (Å²) < 4.78 is 68.0.